The van der Waals surface area contributed by atoms with E-state index < -0.39 is 43.6 Å². The van der Waals surface area contributed by atoms with Crippen molar-refractivity contribution < 1.29 is 38.1 Å². The molecule has 5 rings (SSSR count). The van der Waals surface area contributed by atoms with Gasteiger partial charge in [-0.1, -0.05) is 115 Å². The Labute approximate surface area is 311 Å². The SMILES string of the molecule is CCC(=O)O[C@@H](O[P@@](=O)(CCCCc1ccccc1)CC(=O)N1C[C@H](C2CCCCC2)C[C@H]1C(=O)N1C[C@H](C2CCCCC2)C[C@H]1C(=O)O)C(C)C. The van der Waals surface area contributed by atoms with Crippen LogP contribution in [0.1, 0.15) is 123 Å². The van der Waals surface area contributed by atoms with Crippen LogP contribution in [0.5, 0.6) is 0 Å². The Morgan fingerprint density at radius 1 is 0.808 bits per heavy atom. The van der Waals surface area contributed by atoms with Crippen LogP contribution in [0.4, 0.5) is 0 Å². The molecule has 0 spiro atoms. The molecule has 52 heavy (non-hydrogen) atoms. The highest BCUT2D eigenvalue weighted by Gasteiger charge is 2.50. The lowest BCUT2D eigenvalue weighted by Crippen LogP contribution is -2.51. The summed E-state index contributed by atoms with van der Waals surface area (Å²) in [5, 5.41) is 10.3. The topological polar surface area (TPSA) is 131 Å². The van der Waals surface area contributed by atoms with Crippen LogP contribution in [0.2, 0.25) is 0 Å². The van der Waals surface area contributed by atoms with Crippen LogP contribution in [0.15, 0.2) is 30.3 Å². The van der Waals surface area contributed by atoms with Crippen molar-refractivity contribution in [3.63, 3.8) is 0 Å². The number of amides is 2. The monoisotopic (exact) mass is 742 g/mol. The number of unbranched alkanes of at least 4 members (excludes halogenated alkanes) is 1. The lowest BCUT2D eigenvalue weighted by atomic mass is 9.79. The van der Waals surface area contributed by atoms with Crippen LogP contribution >= 0.6 is 7.37 Å². The highest BCUT2D eigenvalue weighted by Crippen LogP contribution is 2.51. The van der Waals surface area contributed by atoms with Crippen molar-refractivity contribution in [2.75, 3.05) is 25.4 Å². The Bertz CT molecular complexity index is 1390. The van der Waals surface area contributed by atoms with Crippen LogP contribution in [-0.4, -0.2) is 82.4 Å². The standard InChI is InChI=1S/C41H63N2O8P/c1-4-38(45)50-41(29(2)3)51-52(49,23-15-14-18-30-16-8-5-9-17-30)28-37(44)42-26-33(31-19-10-6-11-20-31)24-35(42)39(46)43-27-34(25-36(43)40(47)48)32-21-12-7-13-22-32/h5,8-9,16-17,29,31-36,41H,4,6-7,10-15,18-28H2,1-3H3,(H,47,48)/t33-,34-,35+,36+,41+,52+/m1/s1. The molecule has 2 aliphatic heterocycles. The molecule has 290 valence electrons. The minimum Gasteiger partial charge on any atom is -0.480 e. The van der Waals surface area contributed by atoms with Gasteiger partial charge in [0.2, 0.25) is 25.5 Å². The lowest BCUT2D eigenvalue weighted by Gasteiger charge is -2.32. The number of nitrogens with zero attached hydrogens (tertiary/aromatic N) is 2. The van der Waals surface area contributed by atoms with Gasteiger partial charge in [-0.15, -0.1) is 0 Å². The molecule has 0 radical (unpaired) electrons. The number of hydrogen-bond donors (Lipinski definition) is 1. The maximum Gasteiger partial charge on any atom is 0.326 e. The molecule has 2 saturated heterocycles. The second-order valence-electron chi connectivity index (χ2n) is 16.4. The molecule has 0 aromatic heterocycles. The summed E-state index contributed by atoms with van der Waals surface area (Å²) in [6, 6.07) is 8.36. The van der Waals surface area contributed by atoms with Gasteiger partial charge in [0, 0.05) is 31.6 Å². The van der Waals surface area contributed by atoms with Crippen LogP contribution in [0.25, 0.3) is 0 Å². The third-order valence-corrected chi connectivity index (χ3v) is 14.6. The largest absolute Gasteiger partial charge is 0.480 e. The number of esters is 1. The number of likely N-dealkylation sites (tertiary alicyclic amines) is 2. The Morgan fingerprint density at radius 2 is 1.38 bits per heavy atom. The molecule has 6 atom stereocenters. The van der Waals surface area contributed by atoms with E-state index in [4.69, 9.17) is 9.26 Å². The van der Waals surface area contributed by atoms with Crippen molar-refractivity contribution in [1.29, 1.82) is 0 Å². The summed E-state index contributed by atoms with van der Waals surface area (Å²) in [5.41, 5.74) is 1.17. The molecule has 1 aromatic carbocycles. The van der Waals surface area contributed by atoms with Crippen molar-refractivity contribution in [1.82, 2.24) is 9.80 Å². The molecule has 0 unspecified atom stereocenters. The predicted molar refractivity (Wildman–Crippen MR) is 201 cm³/mol. The molecule has 4 aliphatic rings. The fourth-order valence-electron chi connectivity index (χ4n) is 9.28. The van der Waals surface area contributed by atoms with Crippen molar-refractivity contribution in [2.45, 2.75) is 142 Å². The molecule has 10 nitrogen and oxygen atoms in total. The minimum absolute atomic E-state index is 0.123. The summed E-state index contributed by atoms with van der Waals surface area (Å²) < 4.78 is 26.6. The van der Waals surface area contributed by atoms with Gasteiger partial charge in [0.1, 0.15) is 18.2 Å². The zero-order chi connectivity index (χ0) is 37.3. The number of rotatable bonds is 16. The van der Waals surface area contributed by atoms with Crippen LogP contribution in [0, 0.1) is 29.6 Å². The van der Waals surface area contributed by atoms with Gasteiger partial charge >= 0.3 is 11.9 Å². The van der Waals surface area contributed by atoms with E-state index in [9.17, 15) is 28.8 Å². The molecule has 0 bridgehead atoms. The van der Waals surface area contributed by atoms with Gasteiger partial charge in [0.05, 0.1) is 0 Å². The summed E-state index contributed by atoms with van der Waals surface area (Å²) in [6.07, 6.45) is 13.1. The zero-order valence-electron chi connectivity index (χ0n) is 31.8. The van der Waals surface area contributed by atoms with Gasteiger partial charge in [0.25, 0.3) is 0 Å². The van der Waals surface area contributed by atoms with Crippen molar-refractivity contribution in [3.05, 3.63) is 35.9 Å². The molecular formula is C41H63N2O8P. The van der Waals surface area contributed by atoms with Gasteiger partial charge in [-0.05, 0) is 61.3 Å². The fourth-order valence-corrected chi connectivity index (χ4v) is 11.6. The number of aliphatic carboxylic acids is 1. The second-order valence-corrected chi connectivity index (χ2v) is 19.0. The fraction of sp³-hybridized carbons (Fsp3) is 0.756. The van der Waals surface area contributed by atoms with Crippen molar-refractivity contribution in [3.8, 4) is 0 Å². The zero-order valence-corrected chi connectivity index (χ0v) is 32.7. The first-order valence-electron chi connectivity index (χ1n) is 20.3. The number of hydrogen-bond acceptors (Lipinski definition) is 7. The third kappa shape index (κ3) is 10.7. The number of carboxylic acids is 1. The number of carbonyl (C=O) groups is 4. The molecule has 4 fully saturated rings. The molecule has 2 saturated carbocycles. The first-order chi connectivity index (χ1) is 25.0. The van der Waals surface area contributed by atoms with E-state index in [0.717, 1.165) is 64.2 Å². The van der Waals surface area contributed by atoms with Crippen LogP contribution < -0.4 is 0 Å². The summed E-state index contributed by atoms with van der Waals surface area (Å²) in [4.78, 5) is 57.2. The van der Waals surface area contributed by atoms with E-state index in [-0.39, 0.29) is 42.4 Å². The van der Waals surface area contributed by atoms with E-state index in [1.54, 1.807) is 16.7 Å². The molecule has 2 amide bonds. The molecule has 2 aliphatic carbocycles. The Balaban J connectivity index is 1.37. The van der Waals surface area contributed by atoms with Gasteiger partial charge in [0.15, 0.2) is 0 Å². The number of carbonyl (C=O) groups excluding carboxylic acids is 3. The minimum atomic E-state index is -3.70. The van der Waals surface area contributed by atoms with E-state index in [1.807, 2.05) is 32.0 Å². The van der Waals surface area contributed by atoms with Gasteiger partial charge in [-0.3, -0.25) is 23.5 Å². The Morgan fingerprint density at radius 3 is 1.94 bits per heavy atom. The summed E-state index contributed by atoms with van der Waals surface area (Å²) >= 11 is 0. The summed E-state index contributed by atoms with van der Waals surface area (Å²) in [7, 11) is -3.70. The van der Waals surface area contributed by atoms with Gasteiger partial charge < -0.3 is 19.6 Å². The maximum absolute atomic E-state index is 14.8. The van der Waals surface area contributed by atoms with Crippen LogP contribution in [-0.2, 0) is 39.4 Å². The number of carboxylic acid groups (broad SMARTS) is 1. The van der Waals surface area contributed by atoms with E-state index in [2.05, 4.69) is 12.1 Å². The van der Waals surface area contributed by atoms with Gasteiger partial charge in [-0.25, -0.2) is 4.79 Å². The number of aryl methyl sites for hydroxylation is 1. The maximum atomic E-state index is 14.8. The first-order valence-corrected chi connectivity index (χ1v) is 22.3. The lowest BCUT2D eigenvalue weighted by molar-refractivity contribution is -0.169. The van der Waals surface area contributed by atoms with Crippen LogP contribution in [0.3, 0.4) is 0 Å². The summed E-state index contributed by atoms with van der Waals surface area (Å²) in [6.45, 7) is 6.15. The van der Waals surface area contributed by atoms with Crippen molar-refractivity contribution in [2.24, 2.45) is 29.6 Å². The highest BCUT2D eigenvalue weighted by molar-refractivity contribution is 7.59. The molecule has 11 heteroatoms. The number of ether oxygens (including phenoxy) is 1. The smallest absolute Gasteiger partial charge is 0.326 e. The van der Waals surface area contributed by atoms with Gasteiger partial charge in [-0.2, -0.15) is 0 Å². The second kappa shape index (κ2) is 19.1. The van der Waals surface area contributed by atoms with E-state index in [1.165, 1.54) is 18.4 Å². The quantitative estimate of drug-likeness (QED) is 0.0783. The normalized spacial score (nSPS) is 26.3. The third-order valence-electron chi connectivity index (χ3n) is 12.3. The average Bonchev–Trinajstić information content (AvgIpc) is 3.81. The molecule has 1 N–H and O–H groups in total. The Kier molecular flexibility index (Phi) is 14.8. The molecular weight excluding hydrogens is 679 g/mol. The molecule has 2 heterocycles. The summed E-state index contributed by atoms with van der Waals surface area (Å²) in [5.74, 6) is -1.34. The van der Waals surface area contributed by atoms with E-state index >= 15 is 0 Å². The van der Waals surface area contributed by atoms with Crippen molar-refractivity contribution >= 4 is 31.1 Å². The van der Waals surface area contributed by atoms with E-state index in [0.29, 0.717) is 44.2 Å². The predicted octanol–water partition coefficient (Wildman–Crippen LogP) is 7.92. The number of benzene rings is 1. The Hall–Kier alpha value is -2.71. The average molecular weight is 743 g/mol. The molecule has 1 aromatic rings. The highest BCUT2D eigenvalue weighted by atomic mass is 31.2. The first kappa shape index (κ1) is 40.5.